The number of Topliss-reactive ketones (excluding diaryl/α,β-unsaturated/α-hetero) is 1. The highest BCUT2D eigenvalue weighted by atomic mass is 35.5. The summed E-state index contributed by atoms with van der Waals surface area (Å²) in [4.78, 5) is 34.0. The first-order valence-electron chi connectivity index (χ1n) is 6.42. The monoisotopic (exact) mass is 334 g/mol. The van der Waals surface area contributed by atoms with Crippen LogP contribution in [0, 0.1) is 0 Å². The third-order valence-corrected chi connectivity index (χ3v) is 3.21. The van der Waals surface area contributed by atoms with E-state index < -0.39 is 23.6 Å². The molecule has 0 fully saturated rings. The van der Waals surface area contributed by atoms with Gasteiger partial charge in [0.2, 0.25) is 0 Å². The maximum absolute atomic E-state index is 11.7. The van der Waals surface area contributed by atoms with E-state index in [2.05, 4.69) is 0 Å². The highest BCUT2D eigenvalue weighted by molar-refractivity contribution is 6.39. The number of rotatable bonds is 6. The predicted octanol–water partition coefficient (Wildman–Crippen LogP) is 2.95. The van der Waals surface area contributed by atoms with Crippen LogP contribution in [-0.2, 0) is 14.4 Å². The molecular formula is C16H11ClO6. The summed E-state index contributed by atoms with van der Waals surface area (Å²) >= 11 is 5.85. The fraction of sp³-hybridized carbons (Fsp3) is 0.0625. The van der Waals surface area contributed by atoms with Gasteiger partial charge in [0.15, 0.2) is 5.92 Å². The smallest absolute Gasteiger partial charge is 0.373 e. The average Bonchev–Trinajstić information content (AvgIpc) is 2.50. The van der Waals surface area contributed by atoms with Crippen molar-refractivity contribution in [3.05, 3.63) is 59.1 Å². The summed E-state index contributed by atoms with van der Waals surface area (Å²) in [6, 6.07) is 12.5. The quantitative estimate of drug-likeness (QED) is 0.622. The minimum atomic E-state index is -1.91. The van der Waals surface area contributed by atoms with Crippen molar-refractivity contribution in [2.24, 2.45) is 0 Å². The Balaban J connectivity index is 2.51. The first kappa shape index (κ1) is 16.5. The molecule has 0 aromatic heterocycles. The zero-order valence-corrected chi connectivity index (χ0v) is 12.4. The van der Waals surface area contributed by atoms with E-state index in [0.717, 1.165) is 0 Å². The molecule has 2 N–H and O–H groups in total. The SMILES string of the molecule is O=C(O)C(=O)C(C(=O)O)c1cc(Cl)ccc1Oc1ccccc1. The number of halogens is 1. The lowest BCUT2D eigenvalue weighted by Crippen LogP contribution is -2.28. The second-order valence-corrected chi connectivity index (χ2v) is 4.97. The van der Waals surface area contributed by atoms with Crippen LogP contribution in [0.3, 0.4) is 0 Å². The fourth-order valence-electron chi connectivity index (χ4n) is 1.96. The van der Waals surface area contributed by atoms with Crippen LogP contribution in [0.5, 0.6) is 11.5 Å². The topological polar surface area (TPSA) is 101 Å². The van der Waals surface area contributed by atoms with E-state index in [0.29, 0.717) is 5.75 Å². The number of para-hydroxylation sites is 1. The predicted molar refractivity (Wildman–Crippen MR) is 81.0 cm³/mol. The van der Waals surface area contributed by atoms with Gasteiger partial charge in [-0.05, 0) is 30.3 Å². The van der Waals surface area contributed by atoms with Gasteiger partial charge in [0.05, 0.1) is 0 Å². The van der Waals surface area contributed by atoms with Crippen molar-refractivity contribution in [2.75, 3.05) is 0 Å². The third-order valence-electron chi connectivity index (χ3n) is 2.97. The van der Waals surface area contributed by atoms with Crippen LogP contribution in [0.2, 0.25) is 5.02 Å². The Kier molecular flexibility index (Phi) is 4.98. The van der Waals surface area contributed by atoms with E-state index >= 15 is 0 Å². The number of hydrogen-bond donors (Lipinski definition) is 2. The number of hydrogen-bond acceptors (Lipinski definition) is 4. The Bertz CT molecular complexity index is 756. The molecule has 0 aliphatic carbocycles. The van der Waals surface area contributed by atoms with Crippen molar-refractivity contribution in [2.45, 2.75) is 5.92 Å². The third kappa shape index (κ3) is 3.87. The fourth-order valence-corrected chi connectivity index (χ4v) is 2.14. The van der Waals surface area contributed by atoms with E-state index in [1.54, 1.807) is 30.3 Å². The lowest BCUT2D eigenvalue weighted by molar-refractivity contribution is -0.154. The van der Waals surface area contributed by atoms with Gasteiger partial charge in [0.1, 0.15) is 11.5 Å². The number of ether oxygens (including phenoxy) is 1. The Labute approximate surface area is 135 Å². The molecule has 7 heteroatoms. The van der Waals surface area contributed by atoms with Gasteiger partial charge in [-0.1, -0.05) is 29.8 Å². The molecular weight excluding hydrogens is 324 g/mol. The van der Waals surface area contributed by atoms with Crippen LogP contribution in [0.1, 0.15) is 11.5 Å². The first-order valence-corrected chi connectivity index (χ1v) is 6.80. The lowest BCUT2D eigenvalue weighted by atomic mass is 9.94. The number of carboxylic acids is 2. The summed E-state index contributed by atoms with van der Waals surface area (Å²) in [5, 5.41) is 18.2. The minimum absolute atomic E-state index is 0.0441. The van der Waals surface area contributed by atoms with E-state index in [9.17, 15) is 19.5 Å². The number of aliphatic carboxylic acids is 2. The molecule has 118 valence electrons. The number of ketones is 1. The van der Waals surface area contributed by atoms with Gasteiger partial charge < -0.3 is 14.9 Å². The van der Waals surface area contributed by atoms with Gasteiger partial charge >= 0.3 is 11.9 Å². The molecule has 1 atom stereocenters. The Morgan fingerprint density at radius 3 is 2.22 bits per heavy atom. The Morgan fingerprint density at radius 1 is 1.00 bits per heavy atom. The number of benzene rings is 2. The van der Waals surface area contributed by atoms with Crippen LogP contribution in [0.4, 0.5) is 0 Å². The molecule has 6 nitrogen and oxygen atoms in total. The van der Waals surface area contributed by atoms with Crippen LogP contribution < -0.4 is 4.74 Å². The van der Waals surface area contributed by atoms with Gasteiger partial charge in [0.25, 0.3) is 5.78 Å². The molecule has 1 unspecified atom stereocenters. The summed E-state index contributed by atoms with van der Waals surface area (Å²) in [5.41, 5.74) is -0.124. The molecule has 0 spiro atoms. The van der Waals surface area contributed by atoms with Gasteiger partial charge in [-0.15, -0.1) is 0 Å². The molecule has 2 aromatic rings. The standard InChI is InChI=1S/C16H11ClO6/c17-9-6-7-12(23-10-4-2-1-3-5-10)11(8-9)13(15(19)20)14(18)16(21)22/h1-8,13H,(H,19,20)(H,21,22). The summed E-state index contributed by atoms with van der Waals surface area (Å²) in [7, 11) is 0. The molecule has 0 saturated heterocycles. The van der Waals surface area contributed by atoms with Gasteiger partial charge in [0, 0.05) is 10.6 Å². The lowest BCUT2D eigenvalue weighted by Gasteiger charge is -2.15. The minimum Gasteiger partial charge on any atom is -0.480 e. The van der Waals surface area contributed by atoms with Crippen LogP contribution >= 0.6 is 11.6 Å². The number of carbonyl (C=O) groups excluding carboxylic acids is 1. The van der Waals surface area contributed by atoms with Crippen molar-refractivity contribution in [3.8, 4) is 11.5 Å². The average molecular weight is 335 g/mol. The molecule has 0 saturated carbocycles. The summed E-state index contributed by atoms with van der Waals surface area (Å²) in [6.07, 6.45) is 0. The summed E-state index contributed by atoms with van der Waals surface area (Å²) in [5.74, 6) is -6.38. The highest BCUT2D eigenvalue weighted by Gasteiger charge is 2.35. The highest BCUT2D eigenvalue weighted by Crippen LogP contribution is 2.33. The van der Waals surface area contributed by atoms with Crippen LogP contribution in [0.25, 0.3) is 0 Å². The molecule has 0 heterocycles. The van der Waals surface area contributed by atoms with E-state index in [-0.39, 0.29) is 16.3 Å². The van der Waals surface area contributed by atoms with E-state index in [4.69, 9.17) is 21.4 Å². The summed E-state index contributed by atoms with van der Waals surface area (Å²) < 4.78 is 5.56. The molecule has 2 rings (SSSR count). The van der Waals surface area contributed by atoms with E-state index in [1.807, 2.05) is 0 Å². The molecule has 0 amide bonds. The number of carbonyl (C=O) groups is 3. The van der Waals surface area contributed by atoms with Gasteiger partial charge in [-0.2, -0.15) is 0 Å². The van der Waals surface area contributed by atoms with Crippen molar-refractivity contribution in [1.82, 2.24) is 0 Å². The molecule has 0 aliphatic rings. The molecule has 2 aromatic carbocycles. The summed E-state index contributed by atoms with van der Waals surface area (Å²) in [6.45, 7) is 0. The van der Waals surface area contributed by atoms with Crippen molar-refractivity contribution in [1.29, 1.82) is 0 Å². The molecule has 0 bridgehead atoms. The van der Waals surface area contributed by atoms with E-state index in [1.165, 1.54) is 18.2 Å². The first-order chi connectivity index (χ1) is 10.9. The zero-order valence-electron chi connectivity index (χ0n) is 11.6. The maximum atomic E-state index is 11.7. The molecule has 0 radical (unpaired) electrons. The zero-order chi connectivity index (χ0) is 17.0. The number of carboxylic acid groups (broad SMARTS) is 2. The van der Waals surface area contributed by atoms with Crippen molar-refractivity contribution >= 4 is 29.3 Å². The molecule has 0 aliphatic heterocycles. The van der Waals surface area contributed by atoms with Crippen LogP contribution in [-0.4, -0.2) is 27.9 Å². The van der Waals surface area contributed by atoms with Gasteiger partial charge in [-0.3, -0.25) is 9.59 Å². The molecule has 23 heavy (non-hydrogen) atoms. The Hall–Kier alpha value is -2.86. The van der Waals surface area contributed by atoms with Crippen LogP contribution in [0.15, 0.2) is 48.5 Å². The van der Waals surface area contributed by atoms with Crippen molar-refractivity contribution < 1.29 is 29.3 Å². The second-order valence-electron chi connectivity index (χ2n) is 4.54. The largest absolute Gasteiger partial charge is 0.480 e. The van der Waals surface area contributed by atoms with Gasteiger partial charge in [-0.25, -0.2) is 4.79 Å². The normalized spacial score (nSPS) is 11.5. The Morgan fingerprint density at radius 2 is 1.65 bits per heavy atom. The van der Waals surface area contributed by atoms with Crippen molar-refractivity contribution in [3.63, 3.8) is 0 Å². The maximum Gasteiger partial charge on any atom is 0.373 e. The second kappa shape index (κ2) is 6.93.